The van der Waals surface area contributed by atoms with Crippen LogP contribution in [0.25, 0.3) is 0 Å². The van der Waals surface area contributed by atoms with Crippen LogP contribution in [-0.4, -0.2) is 0 Å². The van der Waals surface area contributed by atoms with E-state index in [1.165, 1.54) is 0 Å². The molecule has 1 heterocycles. The summed E-state index contributed by atoms with van der Waals surface area (Å²) < 4.78 is 0. The van der Waals surface area contributed by atoms with Crippen molar-refractivity contribution in [3.8, 4) is 0 Å². The Balaban J connectivity index is 2.85. The fourth-order valence-electron chi connectivity index (χ4n) is 0.596. The molecule has 3 N–H and O–H groups in total. The molecule has 2 nitrogen and oxygen atoms in total. The van der Waals surface area contributed by atoms with Crippen molar-refractivity contribution in [2.75, 3.05) is 0 Å². The van der Waals surface area contributed by atoms with Crippen LogP contribution in [0.1, 0.15) is 6.92 Å². The third kappa shape index (κ3) is 1.35. The average molecular weight is 122 g/mol. The van der Waals surface area contributed by atoms with Crippen molar-refractivity contribution in [3.05, 3.63) is 35.8 Å². The zero-order valence-electron chi connectivity index (χ0n) is 5.39. The molecule has 0 aromatic carbocycles. The molecule has 0 fully saturated rings. The maximum absolute atomic E-state index is 5.57. The van der Waals surface area contributed by atoms with Gasteiger partial charge in [0.25, 0.3) is 0 Å². The van der Waals surface area contributed by atoms with Gasteiger partial charge in [0.2, 0.25) is 0 Å². The highest BCUT2D eigenvalue weighted by molar-refractivity contribution is 5.31. The molecule has 0 atom stereocenters. The fourth-order valence-corrected chi connectivity index (χ4v) is 0.596. The van der Waals surface area contributed by atoms with E-state index in [1.54, 1.807) is 6.20 Å². The van der Waals surface area contributed by atoms with Gasteiger partial charge in [-0.05, 0) is 18.6 Å². The minimum Gasteiger partial charge on any atom is -0.397 e. The number of hydrogen-bond acceptors (Lipinski definition) is 2. The lowest BCUT2D eigenvalue weighted by Gasteiger charge is -1.95. The van der Waals surface area contributed by atoms with Crippen LogP contribution in [0.5, 0.6) is 0 Å². The number of rotatable bonds is 0. The Kier molecular flexibility index (Phi) is 1.58. The van der Waals surface area contributed by atoms with E-state index in [1.807, 2.05) is 25.3 Å². The molecule has 1 aliphatic heterocycles. The van der Waals surface area contributed by atoms with Crippen LogP contribution >= 0.6 is 0 Å². The normalized spacial score (nSPS) is 17.4. The molecule has 9 heavy (non-hydrogen) atoms. The molecule has 0 amide bonds. The second-order valence-corrected chi connectivity index (χ2v) is 1.98. The highest BCUT2D eigenvalue weighted by Crippen LogP contribution is 2.02. The number of nitrogens with one attached hydrogen (secondary N) is 1. The average Bonchev–Trinajstić information content (AvgIpc) is 1.99. The van der Waals surface area contributed by atoms with Gasteiger partial charge in [0.1, 0.15) is 0 Å². The second-order valence-electron chi connectivity index (χ2n) is 1.98. The topological polar surface area (TPSA) is 38.0 Å². The lowest BCUT2D eigenvalue weighted by atomic mass is 10.2. The molecule has 0 saturated carbocycles. The van der Waals surface area contributed by atoms with Crippen molar-refractivity contribution in [1.29, 1.82) is 0 Å². The number of nitrogens with two attached hydrogens (primary N) is 1. The SMILES string of the molecule is CC1=CC=CNC=C1N. The monoisotopic (exact) mass is 122 g/mol. The van der Waals surface area contributed by atoms with Crippen LogP contribution in [-0.2, 0) is 0 Å². The summed E-state index contributed by atoms with van der Waals surface area (Å²) in [5.74, 6) is 0. The van der Waals surface area contributed by atoms with Crippen molar-refractivity contribution < 1.29 is 0 Å². The minimum absolute atomic E-state index is 0.792. The van der Waals surface area contributed by atoms with Gasteiger partial charge in [-0.25, -0.2) is 0 Å². The van der Waals surface area contributed by atoms with Crippen LogP contribution in [0.15, 0.2) is 35.8 Å². The quantitative estimate of drug-likeness (QED) is 0.500. The van der Waals surface area contributed by atoms with Crippen molar-refractivity contribution in [2.24, 2.45) is 5.73 Å². The molecule has 1 rings (SSSR count). The predicted octanol–water partition coefficient (Wildman–Crippen LogP) is 0.850. The first kappa shape index (κ1) is 5.95. The van der Waals surface area contributed by atoms with Crippen LogP contribution in [0.2, 0.25) is 0 Å². The second kappa shape index (κ2) is 2.40. The first-order valence-electron chi connectivity index (χ1n) is 2.86. The van der Waals surface area contributed by atoms with Gasteiger partial charge in [-0.15, -0.1) is 0 Å². The standard InChI is InChI=1S/C7H10N2/c1-6-3-2-4-9-5-7(6)8/h2-5,9H,8H2,1H3. The van der Waals surface area contributed by atoms with E-state index in [-0.39, 0.29) is 0 Å². The Morgan fingerprint density at radius 3 is 3.11 bits per heavy atom. The molecular formula is C7H10N2. The summed E-state index contributed by atoms with van der Waals surface area (Å²) in [4.78, 5) is 0. The summed E-state index contributed by atoms with van der Waals surface area (Å²) >= 11 is 0. The maximum atomic E-state index is 5.57. The molecule has 2 heteroatoms. The molecular weight excluding hydrogens is 112 g/mol. The zero-order valence-corrected chi connectivity index (χ0v) is 5.39. The molecule has 0 aliphatic carbocycles. The lowest BCUT2D eigenvalue weighted by molar-refractivity contribution is 1.15. The van der Waals surface area contributed by atoms with E-state index in [2.05, 4.69) is 5.32 Å². The van der Waals surface area contributed by atoms with Crippen LogP contribution in [0.4, 0.5) is 0 Å². The molecule has 0 aromatic heterocycles. The van der Waals surface area contributed by atoms with Crippen LogP contribution in [0.3, 0.4) is 0 Å². The first-order chi connectivity index (χ1) is 4.30. The Bertz CT molecular complexity index is 187. The number of hydrogen-bond donors (Lipinski definition) is 2. The molecule has 0 aromatic rings. The molecule has 0 spiro atoms. The highest BCUT2D eigenvalue weighted by Gasteiger charge is 1.91. The van der Waals surface area contributed by atoms with Gasteiger partial charge in [-0.2, -0.15) is 0 Å². The van der Waals surface area contributed by atoms with Crippen molar-refractivity contribution in [1.82, 2.24) is 5.32 Å². The Morgan fingerprint density at radius 2 is 2.33 bits per heavy atom. The first-order valence-corrected chi connectivity index (χ1v) is 2.86. The smallest absolute Gasteiger partial charge is 0.0506 e. The molecule has 48 valence electrons. The van der Waals surface area contributed by atoms with Crippen molar-refractivity contribution in [3.63, 3.8) is 0 Å². The van der Waals surface area contributed by atoms with Gasteiger partial charge in [-0.3, -0.25) is 0 Å². The van der Waals surface area contributed by atoms with Gasteiger partial charge in [-0.1, -0.05) is 6.08 Å². The zero-order chi connectivity index (χ0) is 6.69. The Labute approximate surface area is 54.7 Å². The van der Waals surface area contributed by atoms with Crippen LogP contribution in [0, 0.1) is 0 Å². The Hall–Kier alpha value is -1.18. The lowest BCUT2D eigenvalue weighted by Crippen LogP contribution is -2.02. The van der Waals surface area contributed by atoms with Gasteiger partial charge in [0, 0.05) is 12.4 Å². The predicted molar refractivity (Wildman–Crippen MR) is 38.3 cm³/mol. The van der Waals surface area contributed by atoms with Gasteiger partial charge >= 0.3 is 0 Å². The van der Waals surface area contributed by atoms with E-state index in [4.69, 9.17) is 5.73 Å². The van der Waals surface area contributed by atoms with Crippen molar-refractivity contribution >= 4 is 0 Å². The van der Waals surface area contributed by atoms with Crippen LogP contribution < -0.4 is 11.1 Å². The molecule has 1 aliphatic rings. The summed E-state index contributed by atoms with van der Waals surface area (Å²) in [5.41, 5.74) is 7.45. The minimum atomic E-state index is 0.792. The van der Waals surface area contributed by atoms with E-state index in [0.717, 1.165) is 11.3 Å². The van der Waals surface area contributed by atoms with Gasteiger partial charge < -0.3 is 11.1 Å². The van der Waals surface area contributed by atoms with E-state index in [0.29, 0.717) is 0 Å². The maximum Gasteiger partial charge on any atom is 0.0506 e. The third-order valence-corrected chi connectivity index (χ3v) is 1.23. The van der Waals surface area contributed by atoms with E-state index >= 15 is 0 Å². The molecule has 0 bridgehead atoms. The summed E-state index contributed by atoms with van der Waals surface area (Å²) in [5, 5.41) is 2.91. The number of allylic oxidation sites excluding steroid dienone is 3. The van der Waals surface area contributed by atoms with Gasteiger partial charge in [0.15, 0.2) is 0 Å². The van der Waals surface area contributed by atoms with Gasteiger partial charge in [0.05, 0.1) is 5.70 Å². The largest absolute Gasteiger partial charge is 0.397 e. The van der Waals surface area contributed by atoms with E-state index in [9.17, 15) is 0 Å². The van der Waals surface area contributed by atoms with Crippen molar-refractivity contribution in [2.45, 2.75) is 6.92 Å². The molecule has 0 radical (unpaired) electrons. The molecule has 0 unspecified atom stereocenters. The Morgan fingerprint density at radius 1 is 1.56 bits per heavy atom. The fraction of sp³-hybridized carbons (Fsp3) is 0.143. The summed E-state index contributed by atoms with van der Waals surface area (Å²) in [6.45, 7) is 1.98. The summed E-state index contributed by atoms with van der Waals surface area (Å²) in [6, 6.07) is 0. The summed E-state index contributed by atoms with van der Waals surface area (Å²) in [7, 11) is 0. The highest BCUT2D eigenvalue weighted by atomic mass is 14.8. The third-order valence-electron chi connectivity index (χ3n) is 1.23. The summed E-state index contributed by atoms with van der Waals surface area (Å²) in [6.07, 6.45) is 7.50. The molecule has 0 saturated heterocycles. The van der Waals surface area contributed by atoms with E-state index < -0.39 is 0 Å².